The van der Waals surface area contributed by atoms with Crippen molar-refractivity contribution in [3.8, 4) is 5.75 Å². The van der Waals surface area contributed by atoms with Crippen molar-refractivity contribution in [2.75, 3.05) is 0 Å². The lowest BCUT2D eigenvalue weighted by Gasteiger charge is -2.22. The molecule has 2 aromatic carbocycles. The van der Waals surface area contributed by atoms with Gasteiger partial charge in [-0.1, -0.05) is 36.4 Å². The Morgan fingerprint density at radius 3 is 2.75 bits per heavy atom. The molecule has 1 atom stereocenters. The quantitative estimate of drug-likeness (QED) is 0.639. The molecule has 0 radical (unpaired) electrons. The minimum absolute atomic E-state index is 0.160. The van der Waals surface area contributed by atoms with Gasteiger partial charge in [-0.05, 0) is 70.9 Å². The van der Waals surface area contributed by atoms with Crippen LogP contribution in [0.1, 0.15) is 32.6 Å². The number of hydrogen-bond acceptors (Lipinski definition) is 1. The second kappa shape index (κ2) is 6.01. The highest BCUT2D eigenvalue weighted by atomic mass is 79.9. The third-order valence-corrected chi connectivity index (χ3v) is 4.80. The Bertz CT molecular complexity index is 645. The maximum atomic E-state index is 6.18. The molecule has 1 unspecified atom stereocenters. The van der Waals surface area contributed by atoms with Gasteiger partial charge in [0, 0.05) is 0 Å². The van der Waals surface area contributed by atoms with Gasteiger partial charge in [0.2, 0.25) is 0 Å². The summed E-state index contributed by atoms with van der Waals surface area (Å²) in [6.45, 7) is 2.15. The maximum Gasteiger partial charge on any atom is 0.135 e. The highest BCUT2D eigenvalue weighted by Gasteiger charge is 2.15. The molecule has 0 aliphatic heterocycles. The van der Waals surface area contributed by atoms with E-state index in [4.69, 9.17) is 4.74 Å². The fourth-order valence-corrected chi connectivity index (χ4v) is 3.39. The monoisotopic (exact) mass is 330 g/mol. The van der Waals surface area contributed by atoms with E-state index in [1.807, 2.05) is 0 Å². The van der Waals surface area contributed by atoms with E-state index in [1.165, 1.54) is 42.0 Å². The molecule has 1 nitrogen and oxygen atoms in total. The molecule has 0 fully saturated rings. The van der Waals surface area contributed by atoms with E-state index in [1.54, 1.807) is 0 Å². The van der Waals surface area contributed by atoms with Crippen LogP contribution in [0.5, 0.6) is 5.75 Å². The van der Waals surface area contributed by atoms with Crippen molar-refractivity contribution in [1.82, 2.24) is 0 Å². The first kappa shape index (κ1) is 13.7. The molecule has 1 aliphatic carbocycles. The number of benzene rings is 2. The Balaban J connectivity index is 1.87. The third-order valence-electron chi connectivity index (χ3n) is 3.98. The molecule has 0 saturated heterocycles. The molecule has 0 N–H and O–H groups in total. The topological polar surface area (TPSA) is 9.23 Å². The van der Waals surface area contributed by atoms with Gasteiger partial charge in [-0.15, -0.1) is 0 Å². The van der Waals surface area contributed by atoms with Crippen molar-refractivity contribution in [1.29, 1.82) is 0 Å². The van der Waals surface area contributed by atoms with Crippen LogP contribution in [0.4, 0.5) is 0 Å². The van der Waals surface area contributed by atoms with Crippen LogP contribution in [0, 0.1) is 0 Å². The van der Waals surface area contributed by atoms with Crippen molar-refractivity contribution in [2.24, 2.45) is 0 Å². The lowest BCUT2D eigenvalue weighted by molar-refractivity contribution is 0.248. The molecule has 0 bridgehead atoms. The zero-order valence-corrected chi connectivity index (χ0v) is 13.3. The highest BCUT2D eigenvalue weighted by molar-refractivity contribution is 9.10. The lowest BCUT2D eigenvalue weighted by atomic mass is 9.96. The van der Waals surface area contributed by atoms with Crippen molar-refractivity contribution in [3.63, 3.8) is 0 Å². The van der Waals surface area contributed by atoms with Crippen LogP contribution in [-0.2, 0) is 0 Å². The summed E-state index contributed by atoms with van der Waals surface area (Å²) < 4.78 is 7.23. The van der Waals surface area contributed by atoms with E-state index in [2.05, 4.69) is 65.3 Å². The zero-order chi connectivity index (χ0) is 13.9. The molecule has 0 aromatic heterocycles. The summed E-state index contributed by atoms with van der Waals surface area (Å²) in [5.74, 6) is 0.933. The average Bonchev–Trinajstić information content (AvgIpc) is 2.51. The van der Waals surface area contributed by atoms with E-state index < -0.39 is 0 Å². The zero-order valence-electron chi connectivity index (χ0n) is 11.7. The molecule has 104 valence electrons. The molecular formula is C18H19BrO. The van der Waals surface area contributed by atoms with Crippen LogP contribution >= 0.6 is 15.9 Å². The van der Waals surface area contributed by atoms with Gasteiger partial charge in [0.05, 0.1) is 4.47 Å². The van der Waals surface area contributed by atoms with Crippen LogP contribution in [0.15, 0.2) is 52.5 Å². The Hall–Kier alpha value is -1.28. The van der Waals surface area contributed by atoms with Crippen molar-refractivity contribution in [2.45, 2.75) is 38.7 Å². The minimum Gasteiger partial charge on any atom is -0.485 e. The summed E-state index contributed by atoms with van der Waals surface area (Å²) in [6.07, 6.45) is 7.49. The van der Waals surface area contributed by atoms with Crippen LogP contribution < -0.4 is 4.74 Å². The molecule has 0 heterocycles. The first-order valence-electron chi connectivity index (χ1n) is 7.28. The molecule has 0 amide bonds. The molecule has 3 rings (SSSR count). The summed E-state index contributed by atoms with van der Waals surface area (Å²) in [5.41, 5.74) is 1.44. The number of ether oxygens (including phenoxy) is 1. The Kier molecular flexibility index (Phi) is 4.11. The molecular weight excluding hydrogens is 312 g/mol. The van der Waals surface area contributed by atoms with E-state index in [0.717, 1.165) is 10.2 Å². The minimum atomic E-state index is 0.160. The first-order chi connectivity index (χ1) is 9.75. The molecule has 0 spiro atoms. The van der Waals surface area contributed by atoms with Gasteiger partial charge in [0.25, 0.3) is 0 Å². The number of hydrogen-bond donors (Lipinski definition) is 0. The summed E-state index contributed by atoms with van der Waals surface area (Å²) in [5, 5.41) is 2.44. The van der Waals surface area contributed by atoms with E-state index in [-0.39, 0.29) is 6.10 Å². The van der Waals surface area contributed by atoms with Gasteiger partial charge in [0.15, 0.2) is 0 Å². The van der Waals surface area contributed by atoms with E-state index >= 15 is 0 Å². The number of halogens is 1. The van der Waals surface area contributed by atoms with Gasteiger partial charge in [-0.3, -0.25) is 0 Å². The van der Waals surface area contributed by atoms with Crippen molar-refractivity contribution >= 4 is 26.7 Å². The second-order valence-electron chi connectivity index (χ2n) is 5.38. The average molecular weight is 331 g/mol. The predicted molar refractivity (Wildman–Crippen MR) is 88.3 cm³/mol. The van der Waals surface area contributed by atoms with Crippen LogP contribution in [0.2, 0.25) is 0 Å². The van der Waals surface area contributed by atoms with Crippen LogP contribution in [0.25, 0.3) is 10.8 Å². The number of fused-ring (bicyclic) bond motifs is 1. The molecule has 20 heavy (non-hydrogen) atoms. The van der Waals surface area contributed by atoms with Crippen molar-refractivity contribution < 1.29 is 4.74 Å². The SMILES string of the molecule is CC(Oc1ccc2ccccc2c1Br)C1=CCCCC1. The van der Waals surface area contributed by atoms with Crippen LogP contribution in [-0.4, -0.2) is 6.10 Å². The summed E-state index contributed by atoms with van der Waals surface area (Å²) >= 11 is 3.69. The van der Waals surface area contributed by atoms with Gasteiger partial charge in [-0.25, -0.2) is 0 Å². The van der Waals surface area contributed by atoms with Gasteiger partial charge in [-0.2, -0.15) is 0 Å². The van der Waals surface area contributed by atoms with E-state index in [9.17, 15) is 0 Å². The van der Waals surface area contributed by atoms with Gasteiger partial charge < -0.3 is 4.74 Å². The standard InChI is InChI=1S/C18H19BrO/c1-13(14-7-3-2-4-8-14)20-17-12-11-15-9-5-6-10-16(15)18(17)19/h5-7,9-13H,2-4,8H2,1H3. The maximum absolute atomic E-state index is 6.18. The molecule has 1 aliphatic rings. The Morgan fingerprint density at radius 1 is 1.10 bits per heavy atom. The third kappa shape index (κ3) is 2.76. The molecule has 0 saturated carbocycles. The largest absolute Gasteiger partial charge is 0.485 e. The summed E-state index contributed by atoms with van der Waals surface area (Å²) in [6, 6.07) is 12.5. The van der Waals surface area contributed by atoms with Crippen LogP contribution in [0.3, 0.4) is 0 Å². The highest BCUT2D eigenvalue weighted by Crippen LogP contribution is 2.34. The first-order valence-corrected chi connectivity index (χ1v) is 8.08. The van der Waals surface area contributed by atoms with E-state index in [0.29, 0.717) is 0 Å². The second-order valence-corrected chi connectivity index (χ2v) is 6.18. The fraction of sp³-hybridized carbons (Fsp3) is 0.333. The number of allylic oxidation sites excluding steroid dienone is 1. The Labute approximate surface area is 128 Å². The van der Waals surface area contributed by atoms with Crippen molar-refractivity contribution in [3.05, 3.63) is 52.5 Å². The summed E-state index contributed by atoms with van der Waals surface area (Å²) in [7, 11) is 0. The normalized spacial score (nSPS) is 16.8. The molecule has 2 aromatic rings. The molecule has 2 heteroatoms. The predicted octanol–water partition coefficient (Wildman–Crippen LogP) is 5.87. The Morgan fingerprint density at radius 2 is 1.95 bits per heavy atom. The fourth-order valence-electron chi connectivity index (χ4n) is 2.80. The number of rotatable bonds is 3. The van der Waals surface area contributed by atoms with Gasteiger partial charge >= 0.3 is 0 Å². The smallest absolute Gasteiger partial charge is 0.135 e. The van der Waals surface area contributed by atoms with Gasteiger partial charge in [0.1, 0.15) is 11.9 Å². The lowest BCUT2D eigenvalue weighted by Crippen LogP contribution is -2.16. The summed E-state index contributed by atoms with van der Waals surface area (Å²) in [4.78, 5) is 0.